The van der Waals surface area contributed by atoms with Gasteiger partial charge < -0.3 is 19.3 Å². The number of carbonyl (C=O) groups excluding carboxylic acids is 1. The fraction of sp³-hybridized carbons (Fsp3) is 0.118. The van der Waals surface area contributed by atoms with Gasteiger partial charge in [0.25, 0.3) is 5.91 Å². The fourth-order valence-corrected chi connectivity index (χ4v) is 2.39. The van der Waals surface area contributed by atoms with Gasteiger partial charge in [-0.25, -0.2) is 0 Å². The van der Waals surface area contributed by atoms with Crippen molar-refractivity contribution in [2.45, 2.75) is 6.92 Å². The predicted molar refractivity (Wildman–Crippen MR) is 85.0 cm³/mol. The maximum absolute atomic E-state index is 12.5. The molecule has 120 valence electrons. The van der Waals surface area contributed by atoms with Crippen LogP contribution in [0.15, 0.2) is 47.0 Å². The van der Waals surface area contributed by atoms with Crippen molar-refractivity contribution in [2.24, 2.45) is 0 Å². The van der Waals surface area contributed by atoms with Crippen molar-refractivity contribution in [3.63, 3.8) is 0 Å². The lowest BCUT2D eigenvalue weighted by molar-refractivity contribution is 0.102. The summed E-state index contributed by atoms with van der Waals surface area (Å²) in [4.78, 5) is 16.6. The highest BCUT2D eigenvalue weighted by atomic mass is 16.7. The maximum Gasteiger partial charge on any atom is 0.255 e. The first-order valence-corrected chi connectivity index (χ1v) is 7.31. The first-order chi connectivity index (χ1) is 11.7. The van der Waals surface area contributed by atoms with Crippen molar-refractivity contribution in [3.05, 3.63) is 53.9 Å². The molecule has 2 heterocycles. The van der Waals surface area contributed by atoms with Gasteiger partial charge in [-0.15, -0.1) is 0 Å². The Morgan fingerprint density at radius 1 is 1.12 bits per heavy atom. The fourth-order valence-electron chi connectivity index (χ4n) is 2.39. The van der Waals surface area contributed by atoms with Gasteiger partial charge in [-0.2, -0.15) is 4.98 Å². The zero-order chi connectivity index (χ0) is 16.5. The van der Waals surface area contributed by atoms with Crippen LogP contribution in [0.1, 0.15) is 16.2 Å². The number of ether oxygens (including phenoxy) is 2. The second kappa shape index (κ2) is 5.69. The molecule has 1 N–H and O–H groups in total. The molecule has 0 unspecified atom stereocenters. The third-order valence-electron chi connectivity index (χ3n) is 3.54. The zero-order valence-electron chi connectivity index (χ0n) is 12.8. The number of nitrogens with zero attached hydrogens (tertiary/aromatic N) is 2. The molecule has 1 aliphatic heterocycles. The summed E-state index contributed by atoms with van der Waals surface area (Å²) < 4.78 is 15.5. The standard InChI is InChI=1S/C17H13N3O4/c1-10-18-16(20-24-10)11-3-2-4-12(7-11)17(21)19-13-5-6-14-15(8-13)23-9-22-14/h2-8H,9H2,1H3,(H,19,21). The molecule has 0 atom stereocenters. The first kappa shape index (κ1) is 14.3. The minimum atomic E-state index is -0.240. The molecule has 4 rings (SSSR count). The molecule has 7 heteroatoms. The number of hydrogen-bond acceptors (Lipinski definition) is 6. The molecule has 0 saturated carbocycles. The molecule has 1 aromatic heterocycles. The van der Waals surface area contributed by atoms with E-state index in [1.807, 2.05) is 6.07 Å². The lowest BCUT2D eigenvalue weighted by Gasteiger charge is -2.07. The van der Waals surface area contributed by atoms with Crippen molar-refractivity contribution >= 4 is 11.6 Å². The molecule has 24 heavy (non-hydrogen) atoms. The molecule has 0 fully saturated rings. The third-order valence-corrected chi connectivity index (χ3v) is 3.54. The number of amides is 1. The lowest BCUT2D eigenvalue weighted by Crippen LogP contribution is -2.11. The highest BCUT2D eigenvalue weighted by Crippen LogP contribution is 2.34. The maximum atomic E-state index is 12.5. The Morgan fingerprint density at radius 3 is 2.83 bits per heavy atom. The Labute approximate surface area is 137 Å². The number of aromatic nitrogens is 2. The Morgan fingerprint density at radius 2 is 2.00 bits per heavy atom. The summed E-state index contributed by atoms with van der Waals surface area (Å²) in [5.74, 6) is 1.97. The van der Waals surface area contributed by atoms with E-state index in [0.717, 1.165) is 0 Å². The number of hydrogen-bond donors (Lipinski definition) is 1. The Balaban J connectivity index is 1.56. The van der Waals surface area contributed by atoms with E-state index in [1.54, 1.807) is 43.3 Å². The van der Waals surface area contributed by atoms with Gasteiger partial charge in [-0.05, 0) is 24.3 Å². The molecule has 1 amide bonds. The van der Waals surface area contributed by atoms with Gasteiger partial charge in [0.1, 0.15) is 0 Å². The number of aryl methyl sites for hydroxylation is 1. The normalized spacial score (nSPS) is 12.2. The zero-order valence-corrected chi connectivity index (χ0v) is 12.8. The van der Waals surface area contributed by atoms with Gasteiger partial charge in [-0.1, -0.05) is 17.3 Å². The van der Waals surface area contributed by atoms with Crippen molar-refractivity contribution < 1.29 is 18.8 Å². The van der Waals surface area contributed by atoms with E-state index in [2.05, 4.69) is 15.5 Å². The van der Waals surface area contributed by atoms with Crippen molar-refractivity contribution in [3.8, 4) is 22.9 Å². The number of carbonyl (C=O) groups is 1. The number of nitrogens with one attached hydrogen (secondary N) is 1. The molecule has 7 nitrogen and oxygen atoms in total. The van der Waals surface area contributed by atoms with Crippen LogP contribution in [0.25, 0.3) is 11.4 Å². The Hall–Kier alpha value is -3.35. The predicted octanol–water partition coefficient (Wildman–Crippen LogP) is 3.03. The first-order valence-electron chi connectivity index (χ1n) is 7.31. The largest absolute Gasteiger partial charge is 0.454 e. The summed E-state index contributed by atoms with van der Waals surface area (Å²) in [5.41, 5.74) is 1.84. The van der Waals surface area contributed by atoms with Gasteiger partial charge in [-0.3, -0.25) is 4.79 Å². The topological polar surface area (TPSA) is 86.5 Å². The van der Waals surface area contributed by atoms with Crippen molar-refractivity contribution in [1.29, 1.82) is 0 Å². The summed E-state index contributed by atoms with van der Waals surface area (Å²) in [6.07, 6.45) is 0. The molecule has 0 spiro atoms. The molecule has 0 saturated heterocycles. The van der Waals surface area contributed by atoms with Crippen molar-refractivity contribution in [2.75, 3.05) is 12.1 Å². The van der Waals surface area contributed by atoms with Gasteiger partial charge in [0.05, 0.1) is 0 Å². The Bertz CT molecular complexity index is 920. The second-order valence-electron chi connectivity index (χ2n) is 5.24. The number of anilines is 1. The molecule has 3 aromatic rings. The SMILES string of the molecule is Cc1nc(-c2cccc(C(=O)Nc3ccc4c(c3)OCO4)c2)no1. The van der Waals surface area contributed by atoms with Gasteiger partial charge in [0.15, 0.2) is 11.5 Å². The van der Waals surface area contributed by atoms with E-state index in [1.165, 1.54) is 0 Å². The van der Waals surface area contributed by atoms with E-state index in [-0.39, 0.29) is 12.7 Å². The van der Waals surface area contributed by atoms with E-state index < -0.39 is 0 Å². The molecule has 2 aromatic carbocycles. The summed E-state index contributed by atoms with van der Waals surface area (Å²) in [6, 6.07) is 12.3. The molecular weight excluding hydrogens is 310 g/mol. The van der Waals surface area contributed by atoms with Crippen LogP contribution in [0, 0.1) is 6.92 Å². The van der Waals surface area contributed by atoms with Gasteiger partial charge in [0, 0.05) is 29.8 Å². The van der Waals surface area contributed by atoms with Crippen LogP contribution in [-0.2, 0) is 0 Å². The summed E-state index contributed by atoms with van der Waals surface area (Å²) in [5, 5.41) is 6.69. The number of rotatable bonds is 3. The quantitative estimate of drug-likeness (QED) is 0.797. The van der Waals surface area contributed by atoms with Crippen LogP contribution < -0.4 is 14.8 Å². The average molecular weight is 323 g/mol. The number of fused-ring (bicyclic) bond motifs is 1. The van der Waals surface area contributed by atoms with E-state index >= 15 is 0 Å². The van der Waals surface area contributed by atoms with Crippen LogP contribution in [0.3, 0.4) is 0 Å². The summed E-state index contributed by atoms with van der Waals surface area (Å²) in [7, 11) is 0. The monoisotopic (exact) mass is 323 g/mol. The molecule has 0 aliphatic carbocycles. The van der Waals surface area contributed by atoms with Crippen LogP contribution in [0.4, 0.5) is 5.69 Å². The van der Waals surface area contributed by atoms with E-state index in [9.17, 15) is 4.79 Å². The average Bonchev–Trinajstić information content (AvgIpc) is 3.23. The van der Waals surface area contributed by atoms with E-state index in [4.69, 9.17) is 14.0 Å². The van der Waals surface area contributed by atoms with Gasteiger partial charge in [0.2, 0.25) is 18.5 Å². The third kappa shape index (κ3) is 2.67. The van der Waals surface area contributed by atoms with Crippen LogP contribution >= 0.6 is 0 Å². The van der Waals surface area contributed by atoms with Crippen molar-refractivity contribution in [1.82, 2.24) is 10.1 Å². The summed E-state index contributed by atoms with van der Waals surface area (Å²) in [6.45, 7) is 1.91. The van der Waals surface area contributed by atoms with E-state index in [0.29, 0.717) is 40.0 Å². The highest BCUT2D eigenvalue weighted by Gasteiger charge is 2.15. The molecular formula is C17H13N3O4. The van der Waals surface area contributed by atoms with Crippen LogP contribution in [0.2, 0.25) is 0 Å². The Kier molecular flexibility index (Phi) is 3.38. The minimum Gasteiger partial charge on any atom is -0.454 e. The molecule has 1 aliphatic rings. The molecule has 0 bridgehead atoms. The van der Waals surface area contributed by atoms with Gasteiger partial charge >= 0.3 is 0 Å². The molecule has 0 radical (unpaired) electrons. The number of benzene rings is 2. The minimum absolute atomic E-state index is 0.193. The smallest absolute Gasteiger partial charge is 0.255 e. The highest BCUT2D eigenvalue weighted by molar-refractivity contribution is 6.05. The lowest BCUT2D eigenvalue weighted by atomic mass is 10.1. The summed E-state index contributed by atoms with van der Waals surface area (Å²) >= 11 is 0. The second-order valence-corrected chi connectivity index (χ2v) is 5.24. The van der Waals surface area contributed by atoms with Crippen LogP contribution in [0.5, 0.6) is 11.5 Å². The van der Waals surface area contributed by atoms with Crippen LogP contribution in [-0.4, -0.2) is 22.8 Å².